The predicted molar refractivity (Wildman–Crippen MR) is 74.7 cm³/mol. The second-order valence-corrected chi connectivity index (χ2v) is 7.44. The zero-order valence-corrected chi connectivity index (χ0v) is 12.1. The molecule has 18 heavy (non-hydrogen) atoms. The molecule has 0 saturated heterocycles. The largest absolute Gasteiger partial charge is 0.480 e. The summed E-state index contributed by atoms with van der Waals surface area (Å²) in [5.74, 6) is 0.222. The zero-order valence-electron chi connectivity index (χ0n) is 11.3. The van der Waals surface area contributed by atoms with Crippen molar-refractivity contribution in [3.05, 3.63) is 0 Å². The number of aliphatic carboxylic acids is 1. The quantitative estimate of drug-likeness (QED) is 0.660. The lowest BCUT2D eigenvalue weighted by Gasteiger charge is -2.29. The summed E-state index contributed by atoms with van der Waals surface area (Å²) in [6.45, 7) is 3.64. The van der Waals surface area contributed by atoms with Crippen LogP contribution in [0.15, 0.2) is 0 Å². The van der Waals surface area contributed by atoms with E-state index in [4.69, 9.17) is 10.8 Å². The molecule has 0 aromatic rings. The highest BCUT2D eigenvalue weighted by molar-refractivity contribution is 8.00. The van der Waals surface area contributed by atoms with Crippen LogP contribution in [0.3, 0.4) is 0 Å². The standard InChI is InChI=1S/C13H25NO3S/c1-13(2,11(14)12(16)17)18-8-10(15)7-9-5-3-4-6-9/h9-11,15H,3-8,14H2,1-2H3,(H,16,17)/t10?,11-/m0/s1. The van der Waals surface area contributed by atoms with Crippen LogP contribution in [0.4, 0.5) is 0 Å². The van der Waals surface area contributed by atoms with Crippen molar-refractivity contribution in [2.24, 2.45) is 11.7 Å². The average Bonchev–Trinajstić information content (AvgIpc) is 2.78. The van der Waals surface area contributed by atoms with Crippen LogP contribution >= 0.6 is 11.8 Å². The zero-order chi connectivity index (χ0) is 13.8. The Bertz CT molecular complexity index is 277. The molecular weight excluding hydrogens is 250 g/mol. The van der Waals surface area contributed by atoms with Gasteiger partial charge >= 0.3 is 5.97 Å². The molecule has 0 amide bonds. The van der Waals surface area contributed by atoms with Gasteiger partial charge in [-0.25, -0.2) is 0 Å². The number of carboxylic acid groups (broad SMARTS) is 1. The second kappa shape index (κ2) is 6.78. The minimum Gasteiger partial charge on any atom is -0.480 e. The van der Waals surface area contributed by atoms with Crippen molar-refractivity contribution in [2.75, 3.05) is 5.75 Å². The van der Waals surface area contributed by atoms with Gasteiger partial charge in [0.1, 0.15) is 6.04 Å². The van der Waals surface area contributed by atoms with Gasteiger partial charge in [-0.2, -0.15) is 11.8 Å². The molecule has 106 valence electrons. The normalized spacial score (nSPS) is 20.9. The third-order valence-corrected chi connectivity index (χ3v) is 5.29. The molecule has 2 atom stereocenters. The van der Waals surface area contributed by atoms with Gasteiger partial charge in [-0.3, -0.25) is 4.79 Å². The molecule has 0 spiro atoms. The predicted octanol–water partition coefficient (Wildman–Crippen LogP) is 1.85. The van der Waals surface area contributed by atoms with E-state index >= 15 is 0 Å². The Morgan fingerprint density at radius 2 is 2.00 bits per heavy atom. The van der Waals surface area contributed by atoms with Gasteiger partial charge in [0.2, 0.25) is 0 Å². The number of carboxylic acids is 1. The first-order valence-corrected chi connectivity index (χ1v) is 7.62. The van der Waals surface area contributed by atoms with Gasteiger partial charge in [-0.05, 0) is 26.2 Å². The molecule has 1 unspecified atom stereocenters. The van der Waals surface area contributed by atoms with Crippen molar-refractivity contribution in [2.45, 2.75) is 62.8 Å². The molecule has 1 saturated carbocycles. The van der Waals surface area contributed by atoms with Crippen molar-refractivity contribution in [3.63, 3.8) is 0 Å². The first-order chi connectivity index (χ1) is 8.33. The molecule has 0 aliphatic heterocycles. The third kappa shape index (κ3) is 4.78. The van der Waals surface area contributed by atoms with Gasteiger partial charge in [0, 0.05) is 10.5 Å². The Morgan fingerprint density at radius 1 is 1.44 bits per heavy atom. The van der Waals surface area contributed by atoms with Gasteiger partial charge in [0.05, 0.1) is 6.10 Å². The molecule has 1 rings (SSSR count). The molecule has 1 fully saturated rings. The minimum absolute atomic E-state index is 0.349. The molecule has 0 aromatic heterocycles. The first-order valence-electron chi connectivity index (χ1n) is 6.63. The number of aliphatic hydroxyl groups is 1. The van der Waals surface area contributed by atoms with Crippen LogP contribution in [0.1, 0.15) is 46.0 Å². The maximum absolute atomic E-state index is 10.9. The number of hydrogen-bond acceptors (Lipinski definition) is 4. The van der Waals surface area contributed by atoms with Gasteiger partial charge in [-0.15, -0.1) is 0 Å². The number of nitrogens with two attached hydrogens (primary N) is 1. The minimum atomic E-state index is -0.988. The van der Waals surface area contributed by atoms with E-state index in [0.717, 1.165) is 6.42 Å². The highest BCUT2D eigenvalue weighted by atomic mass is 32.2. The number of rotatable bonds is 7. The van der Waals surface area contributed by atoms with Crippen molar-refractivity contribution < 1.29 is 15.0 Å². The molecule has 4 N–H and O–H groups in total. The summed E-state index contributed by atoms with van der Waals surface area (Å²) in [6.07, 6.45) is 5.49. The highest BCUT2D eigenvalue weighted by Crippen LogP contribution is 2.32. The van der Waals surface area contributed by atoms with Crippen molar-refractivity contribution in [1.82, 2.24) is 0 Å². The molecule has 0 heterocycles. The van der Waals surface area contributed by atoms with Crippen LogP contribution in [0.25, 0.3) is 0 Å². The number of carbonyl (C=O) groups is 1. The Hall–Kier alpha value is -0.260. The van der Waals surface area contributed by atoms with Gasteiger partial charge < -0.3 is 15.9 Å². The number of thioether (sulfide) groups is 1. The lowest BCUT2D eigenvalue weighted by molar-refractivity contribution is -0.139. The van der Waals surface area contributed by atoms with Crippen molar-refractivity contribution in [1.29, 1.82) is 0 Å². The monoisotopic (exact) mass is 275 g/mol. The summed E-state index contributed by atoms with van der Waals surface area (Å²) in [5.41, 5.74) is 5.64. The second-order valence-electron chi connectivity index (χ2n) is 5.77. The topological polar surface area (TPSA) is 83.5 Å². The summed E-state index contributed by atoms with van der Waals surface area (Å²) >= 11 is 1.45. The fourth-order valence-electron chi connectivity index (χ4n) is 2.40. The third-order valence-electron chi connectivity index (χ3n) is 3.74. The maximum Gasteiger partial charge on any atom is 0.321 e. The van der Waals surface area contributed by atoms with Crippen LogP contribution < -0.4 is 5.73 Å². The van der Waals surface area contributed by atoms with Crippen LogP contribution in [0.5, 0.6) is 0 Å². The molecule has 1 aliphatic rings. The smallest absolute Gasteiger partial charge is 0.321 e. The van der Waals surface area contributed by atoms with E-state index in [1.165, 1.54) is 37.4 Å². The fourth-order valence-corrected chi connectivity index (χ4v) is 3.44. The summed E-state index contributed by atoms with van der Waals surface area (Å²) in [7, 11) is 0. The lowest BCUT2D eigenvalue weighted by atomic mass is 10.0. The molecular formula is C13H25NO3S. The van der Waals surface area contributed by atoms with E-state index in [0.29, 0.717) is 11.7 Å². The Morgan fingerprint density at radius 3 is 2.50 bits per heavy atom. The van der Waals surface area contributed by atoms with E-state index in [9.17, 15) is 9.90 Å². The molecule has 1 aliphatic carbocycles. The highest BCUT2D eigenvalue weighted by Gasteiger charge is 2.33. The van der Waals surface area contributed by atoms with Crippen LogP contribution in [0, 0.1) is 5.92 Å². The summed E-state index contributed by atoms with van der Waals surface area (Å²) in [4.78, 5) is 10.9. The molecule has 4 nitrogen and oxygen atoms in total. The summed E-state index contributed by atoms with van der Waals surface area (Å²) in [5, 5.41) is 18.9. The summed E-state index contributed by atoms with van der Waals surface area (Å²) < 4.78 is -0.553. The number of aliphatic hydroxyl groups excluding tert-OH is 1. The molecule has 0 aromatic carbocycles. The van der Waals surface area contributed by atoms with E-state index in [2.05, 4.69) is 0 Å². The van der Waals surface area contributed by atoms with Gasteiger partial charge in [-0.1, -0.05) is 25.7 Å². The Labute approximate surface area is 113 Å². The molecule has 0 bridgehead atoms. The van der Waals surface area contributed by atoms with Crippen molar-refractivity contribution in [3.8, 4) is 0 Å². The maximum atomic E-state index is 10.9. The van der Waals surface area contributed by atoms with E-state index in [1.54, 1.807) is 0 Å². The van der Waals surface area contributed by atoms with E-state index in [1.807, 2.05) is 13.8 Å². The van der Waals surface area contributed by atoms with Crippen LogP contribution in [-0.2, 0) is 4.79 Å². The average molecular weight is 275 g/mol. The Balaban J connectivity index is 2.31. The summed E-state index contributed by atoms with van der Waals surface area (Å²) in [6, 6.07) is -0.902. The number of hydrogen-bond donors (Lipinski definition) is 3. The lowest BCUT2D eigenvalue weighted by Crippen LogP contribution is -2.47. The van der Waals surface area contributed by atoms with Crippen molar-refractivity contribution >= 4 is 17.7 Å². The Kier molecular flexibility index (Phi) is 5.95. The SMILES string of the molecule is CC(C)(SCC(O)CC1CCCC1)[C@@H](N)C(=O)O. The van der Waals surface area contributed by atoms with Crippen LogP contribution in [0.2, 0.25) is 0 Å². The first kappa shape index (κ1) is 15.8. The van der Waals surface area contributed by atoms with Gasteiger partial charge in [0.25, 0.3) is 0 Å². The van der Waals surface area contributed by atoms with E-state index in [-0.39, 0.29) is 6.10 Å². The molecule has 5 heteroatoms. The molecule has 0 radical (unpaired) electrons. The van der Waals surface area contributed by atoms with Crippen LogP contribution in [-0.4, -0.2) is 38.8 Å². The fraction of sp³-hybridized carbons (Fsp3) is 0.923. The van der Waals surface area contributed by atoms with E-state index < -0.39 is 16.8 Å². The van der Waals surface area contributed by atoms with Gasteiger partial charge in [0.15, 0.2) is 0 Å².